The van der Waals surface area contributed by atoms with Crippen molar-refractivity contribution < 1.29 is 66.2 Å². The highest BCUT2D eigenvalue weighted by atomic mass is 79.9. The van der Waals surface area contributed by atoms with Gasteiger partial charge in [-0.3, -0.25) is 14.1 Å². The van der Waals surface area contributed by atoms with Crippen LogP contribution in [0.3, 0.4) is 0 Å². The van der Waals surface area contributed by atoms with Gasteiger partial charge in [-0.25, -0.2) is 0 Å². The van der Waals surface area contributed by atoms with Crippen LogP contribution in [-0.4, -0.2) is 75.1 Å². The molecule has 382 valence electrons. The van der Waals surface area contributed by atoms with Crippen LogP contribution in [0, 0.1) is 0 Å². The normalized spacial score (nSPS) is 15.2. The Kier molecular flexibility index (Phi) is 22.5. The van der Waals surface area contributed by atoms with Crippen LogP contribution in [0.5, 0.6) is 0 Å². The molecule has 2 heterocycles. The summed E-state index contributed by atoms with van der Waals surface area (Å²) >= 11 is 0. The summed E-state index contributed by atoms with van der Waals surface area (Å²) in [6.45, 7) is 10.9. The van der Waals surface area contributed by atoms with Crippen LogP contribution >= 0.6 is 0 Å². The number of benzene rings is 4. The molecule has 0 aromatic heterocycles. The van der Waals surface area contributed by atoms with Crippen LogP contribution in [0.2, 0.25) is 0 Å². The quantitative estimate of drug-likeness (QED) is 0.0291. The molecular weight excluding hydrogens is 993 g/mol. The highest BCUT2D eigenvalue weighted by Crippen LogP contribution is 2.51. The summed E-state index contributed by atoms with van der Waals surface area (Å²) in [6, 6.07) is 22.4. The van der Waals surface area contributed by atoms with Crippen molar-refractivity contribution in [2.24, 2.45) is 0 Å². The Bertz CT molecular complexity index is 2760. The molecule has 0 atom stereocenters. The van der Waals surface area contributed by atoms with Crippen LogP contribution in [0.1, 0.15) is 154 Å². The van der Waals surface area contributed by atoms with E-state index in [1.165, 1.54) is 67.3 Å². The number of fused-ring (bicyclic) bond motifs is 6. The number of carbonyl (C=O) groups is 2. The minimum absolute atomic E-state index is 0. The Morgan fingerprint density at radius 3 is 1.74 bits per heavy atom. The van der Waals surface area contributed by atoms with Gasteiger partial charge < -0.3 is 31.4 Å². The molecule has 4 aromatic carbocycles. The maximum Gasteiger partial charge on any atom is 0.425 e. The van der Waals surface area contributed by atoms with Crippen molar-refractivity contribution in [1.82, 2.24) is 0 Å². The van der Waals surface area contributed by atoms with Crippen molar-refractivity contribution in [2.75, 3.05) is 32.2 Å². The first-order valence-electron chi connectivity index (χ1n) is 24.7. The van der Waals surface area contributed by atoms with Crippen molar-refractivity contribution in [3.63, 3.8) is 0 Å². The number of hydrogen-bond donors (Lipinski definition) is 1. The highest BCUT2D eigenvalue weighted by molar-refractivity contribution is 7.86. The Morgan fingerprint density at radius 1 is 0.643 bits per heavy atom. The van der Waals surface area contributed by atoms with E-state index in [0.717, 1.165) is 119 Å². The number of methoxy groups -OCH3 is 2. The van der Waals surface area contributed by atoms with Crippen LogP contribution in [0.25, 0.3) is 21.5 Å². The molecule has 2 aliphatic heterocycles. The largest absolute Gasteiger partial charge is 1.00 e. The van der Waals surface area contributed by atoms with Crippen LogP contribution < -0.4 is 21.9 Å². The zero-order chi connectivity index (χ0) is 50.2. The summed E-state index contributed by atoms with van der Waals surface area (Å²) in [5, 5.41) is 3.91. The lowest BCUT2D eigenvalue weighted by molar-refractivity contribution is -0.438. The lowest BCUT2D eigenvalue weighted by Crippen LogP contribution is -3.00. The summed E-state index contributed by atoms with van der Waals surface area (Å²) in [5.41, 5.74) is 6.54. The van der Waals surface area contributed by atoms with Crippen LogP contribution in [0.15, 0.2) is 95.6 Å². The van der Waals surface area contributed by atoms with Crippen molar-refractivity contribution >= 4 is 71.3 Å². The van der Waals surface area contributed by atoms with E-state index in [4.69, 9.17) is 22.1 Å². The molecule has 0 saturated carbocycles. The Morgan fingerprint density at radius 2 is 1.17 bits per heavy atom. The zero-order valence-corrected chi connectivity index (χ0v) is 45.2. The predicted molar refractivity (Wildman–Crippen MR) is 275 cm³/mol. The lowest BCUT2D eigenvalue weighted by atomic mass is 9.79. The molecule has 2 aliphatic rings. The molecule has 1 N–H and O–H groups in total. The predicted octanol–water partition coefficient (Wildman–Crippen LogP) is 9.22. The second-order valence-corrected chi connectivity index (χ2v) is 21.1. The molecule has 6 rings (SSSR count). The van der Waals surface area contributed by atoms with Gasteiger partial charge in [0.2, 0.25) is 5.69 Å². The number of carbonyl (C=O) groups excluding carboxylic acids is 2. The number of rotatable bonds is 25. The molecule has 0 saturated heterocycles. The van der Waals surface area contributed by atoms with E-state index in [0.29, 0.717) is 18.2 Å². The Hall–Kier alpha value is -4.70. The number of esters is 2. The Labute approximate surface area is 428 Å². The smallest absolute Gasteiger partial charge is 0.425 e. The first-order valence-corrected chi connectivity index (χ1v) is 27.2. The minimum Gasteiger partial charge on any atom is -1.00 e. The highest BCUT2D eigenvalue weighted by Gasteiger charge is 2.46. The van der Waals surface area contributed by atoms with E-state index < -0.39 is 26.1 Å². The molecule has 15 heteroatoms. The number of allylic oxidation sites excluding steroid dienone is 4. The summed E-state index contributed by atoms with van der Waals surface area (Å²) in [6.07, 6.45) is 25.4. The molecule has 0 bridgehead atoms. The van der Waals surface area contributed by atoms with Crippen molar-refractivity contribution in [3.05, 3.63) is 102 Å². The van der Waals surface area contributed by atoms with Gasteiger partial charge in [0.15, 0.2) is 5.71 Å². The first kappa shape index (κ1) is 57.9. The third-order valence-corrected chi connectivity index (χ3v) is 14.8. The second kappa shape index (κ2) is 27.2. The Balaban J connectivity index is 0.00000205. The molecule has 70 heavy (non-hydrogen) atoms. The third kappa shape index (κ3) is 14.9. The maximum absolute atomic E-state index is 12.5. The topological polar surface area (TPSA) is 164 Å². The molecule has 0 radical (unpaired) electrons. The molecule has 0 fully saturated rings. The van der Waals surface area contributed by atoms with Gasteiger partial charge in [-0.05, 0) is 85.5 Å². The summed E-state index contributed by atoms with van der Waals surface area (Å²) in [5.74, 6) is -0.253. The molecular formula is C55H73BrN2O10S2. The van der Waals surface area contributed by atoms with Gasteiger partial charge in [-0.15, -0.1) is 12.6 Å². The standard InChI is InChI=1S/C55H72N2O7S.BrH.O3S/c1-54(2)48(56(45-37-35-41-27-21-22-28-42(41)52(45)54)39-23-17-13-9-7-11-15-19-33-50(58)63-5)31-26-32-49-55(3,4)53-44-29-25-30-47(65(60,61)62)43(44)36-38-46(53)57(49)40-24-18-14-10-8-12-16-20-34-51(59)64-6;;1-4(2)3/h21-22,25-32,35-38H,7-20,23-24,33-34,39-40H2,1-6H3;1H;. The van der Waals surface area contributed by atoms with E-state index in [-0.39, 0.29) is 39.2 Å². The van der Waals surface area contributed by atoms with Crippen molar-refractivity contribution in [3.8, 4) is 0 Å². The van der Waals surface area contributed by atoms with Gasteiger partial charge in [0.25, 0.3) is 10.1 Å². The molecule has 12 nitrogen and oxygen atoms in total. The van der Waals surface area contributed by atoms with E-state index in [2.05, 4.69) is 91.8 Å². The van der Waals surface area contributed by atoms with Crippen molar-refractivity contribution in [1.29, 1.82) is 0 Å². The summed E-state index contributed by atoms with van der Waals surface area (Å²) < 4.78 is 72.6. The monoisotopic (exact) mass is 1060 g/mol. The molecule has 0 spiro atoms. The molecule has 4 aromatic rings. The summed E-state index contributed by atoms with van der Waals surface area (Å²) in [4.78, 5) is 25.4. The minimum atomic E-state index is -4.42. The van der Waals surface area contributed by atoms with E-state index in [9.17, 15) is 22.6 Å². The van der Waals surface area contributed by atoms with Crippen molar-refractivity contribution in [2.45, 2.75) is 159 Å². The number of hydrogen-bond acceptors (Lipinski definition) is 10. The van der Waals surface area contributed by atoms with E-state index in [1.807, 2.05) is 18.2 Å². The third-order valence-electron chi connectivity index (χ3n) is 13.9. The van der Waals surface area contributed by atoms with Gasteiger partial charge >= 0.3 is 22.5 Å². The van der Waals surface area contributed by atoms with E-state index in [1.54, 1.807) is 6.07 Å². The average Bonchev–Trinajstić information content (AvgIpc) is 3.67. The van der Waals surface area contributed by atoms with Gasteiger partial charge in [0.05, 0.1) is 19.6 Å². The average molecular weight is 1070 g/mol. The number of anilines is 1. The second-order valence-electron chi connectivity index (χ2n) is 19.3. The molecule has 0 amide bonds. The van der Waals surface area contributed by atoms with Gasteiger partial charge in [-0.1, -0.05) is 133 Å². The fourth-order valence-corrected chi connectivity index (χ4v) is 11.2. The fourth-order valence-electron chi connectivity index (χ4n) is 10.5. The SMILES string of the molecule is COC(=O)CCCCCCCCCCN1/C(=C\C=C\C2=[N+](CCCCCCCCCCC(=O)OC)c3ccc4c(S(=O)(=O)O)cccc4c3C2(C)C)C(C)(C)c2c1ccc1ccccc21.O=S(=O)=O.[Br-]. The number of unbranched alkanes of at least 4 members (excludes halogenated alkanes) is 14. The number of halogens is 1. The first-order chi connectivity index (χ1) is 32.9. The lowest BCUT2D eigenvalue weighted by Gasteiger charge is -2.27. The maximum atomic E-state index is 12.5. The van der Waals surface area contributed by atoms with E-state index >= 15 is 0 Å². The van der Waals surface area contributed by atoms with Gasteiger partial charge in [0.1, 0.15) is 11.4 Å². The van der Waals surface area contributed by atoms with Crippen LogP contribution in [-0.2, 0) is 50.6 Å². The number of nitrogens with zero attached hydrogens (tertiary/aromatic N) is 2. The molecule has 0 aliphatic carbocycles. The van der Waals surface area contributed by atoms with Gasteiger partial charge in [0, 0.05) is 65.7 Å². The molecule has 0 unspecified atom stereocenters. The summed E-state index contributed by atoms with van der Waals surface area (Å²) in [7, 11) is -4.64. The number of ether oxygens (including phenoxy) is 2. The van der Waals surface area contributed by atoms with Gasteiger partial charge in [-0.2, -0.15) is 13.0 Å². The zero-order valence-electron chi connectivity index (χ0n) is 41.9. The van der Waals surface area contributed by atoms with Crippen LogP contribution in [0.4, 0.5) is 11.4 Å². The fraction of sp³-hybridized carbons (Fsp3) is 0.509.